The van der Waals surface area contributed by atoms with Crippen LogP contribution in [0, 0.1) is 12.8 Å². The highest BCUT2D eigenvalue weighted by molar-refractivity contribution is 6.03. The smallest absolute Gasteiger partial charge is 0.229 e. The summed E-state index contributed by atoms with van der Waals surface area (Å²) in [6, 6.07) is 15.7. The number of nitrogens with zero attached hydrogens (tertiary/aromatic N) is 1. The Morgan fingerprint density at radius 1 is 1.16 bits per heavy atom. The van der Waals surface area contributed by atoms with E-state index in [4.69, 9.17) is 0 Å². The van der Waals surface area contributed by atoms with Crippen LogP contribution in [-0.4, -0.2) is 18.4 Å². The van der Waals surface area contributed by atoms with Gasteiger partial charge in [-0.1, -0.05) is 38.1 Å². The van der Waals surface area contributed by atoms with Crippen LogP contribution in [0.15, 0.2) is 48.5 Å². The van der Waals surface area contributed by atoms with Gasteiger partial charge in [-0.05, 0) is 48.2 Å². The number of hydrogen-bond acceptors (Lipinski definition) is 2. The summed E-state index contributed by atoms with van der Waals surface area (Å²) in [5.41, 5.74) is 3.97. The molecule has 4 heteroatoms. The normalized spacial score (nSPS) is 17.2. The summed E-state index contributed by atoms with van der Waals surface area (Å²) in [4.78, 5) is 26.6. The molecule has 4 nitrogen and oxygen atoms in total. The van der Waals surface area contributed by atoms with Gasteiger partial charge in [-0.15, -0.1) is 0 Å². The maximum Gasteiger partial charge on any atom is 0.229 e. The fourth-order valence-corrected chi connectivity index (χ4v) is 3.14. The molecule has 0 aromatic heterocycles. The first-order chi connectivity index (χ1) is 11.9. The van der Waals surface area contributed by atoms with Crippen molar-refractivity contribution in [3.8, 4) is 0 Å². The largest absolute Gasteiger partial charge is 0.326 e. The van der Waals surface area contributed by atoms with E-state index in [0.717, 1.165) is 16.9 Å². The number of carbonyl (C=O) groups excluding carboxylic acids is 2. The average Bonchev–Trinajstić information content (AvgIpc) is 2.97. The molecule has 130 valence electrons. The van der Waals surface area contributed by atoms with Crippen LogP contribution in [0.1, 0.15) is 37.3 Å². The monoisotopic (exact) mass is 336 g/mol. The van der Waals surface area contributed by atoms with Gasteiger partial charge >= 0.3 is 0 Å². The molecule has 0 spiro atoms. The molecule has 1 aliphatic rings. The number of rotatable bonds is 4. The zero-order valence-electron chi connectivity index (χ0n) is 15.0. The molecule has 1 saturated heterocycles. The number of aryl methyl sites for hydroxylation is 1. The van der Waals surface area contributed by atoms with E-state index >= 15 is 0 Å². The van der Waals surface area contributed by atoms with Crippen molar-refractivity contribution in [1.82, 2.24) is 0 Å². The van der Waals surface area contributed by atoms with Crippen LogP contribution in [-0.2, 0) is 9.59 Å². The van der Waals surface area contributed by atoms with Gasteiger partial charge in [-0.3, -0.25) is 9.59 Å². The van der Waals surface area contributed by atoms with E-state index in [1.165, 1.54) is 5.56 Å². The van der Waals surface area contributed by atoms with Crippen molar-refractivity contribution in [3.63, 3.8) is 0 Å². The predicted molar refractivity (Wildman–Crippen MR) is 101 cm³/mol. The summed E-state index contributed by atoms with van der Waals surface area (Å²) < 4.78 is 0. The number of benzene rings is 2. The fourth-order valence-electron chi connectivity index (χ4n) is 3.14. The Morgan fingerprint density at radius 3 is 2.52 bits per heavy atom. The highest BCUT2D eigenvalue weighted by Gasteiger charge is 2.35. The van der Waals surface area contributed by atoms with E-state index in [-0.39, 0.29) is 24.2 Å². The van der Waals surface area contributed by atoms with Crippen LogP contribution in [0.5, 0.6) is 0 Å². The van der Waals surface area contributed by atoms with E-state index in [9.17, 15) is 9.59 Å². The van der Waals surface area contributed by atoms with Crippen molar-refractivity contribution >= 4 is 23.2 Å². The minimum Gasteiger partial charge on any atom is -0.326 e. The molecule has 1 atom stereocenters. The van der Waals surface area contributed by atoms with Gasteiger partial charge in [0.1, 0.15) is 0 Å². The molecule has 1 aliphatic heterocycles. The second-order valence-electron chi connectivity index (χ2n) is 7.01. The molecule has 2 aromatic rings. The second-order valence-corrected chi connectivity index (χ2v) is 7.01. The molecule has 0 saturated carbocycles. The molecule has 0 aliphatic carbocycles. The van der Waals surface area contributed by atoms with Crippen molar-refractivity contribution in [1.29, 1.82) is 0 Å². The first kappa shape index (κ1) is 17.2. The summed E-state index contributed by atoms with van der Waals surface area (Å²) in [6.07, 6.45) is 0.254. The number of carbonyl (C=O) groups is 2. The van der Waals surface area contributed by atoms with Crippen LogP contribution in [0.25, 0.3) is 0 Å². The summed E-state index contributed by atoms with van der Waals surface area (Å²) in [5, 5.41) is 2.92. The molecule has 1 N–H and O–H groups in total. The van der Waals surface area contributed by atoms with Gasteiger partial charge in [0, 0.05) is 24.3 Å². The second kappa shape index (κ2) is 7.09. The molecular weight excluding hydrogens is 312 g/mol. The summed E-state index contributed by atoms with van der Waals surface area (Å²) in [7, 11) is 0. The van der Waals surface area contributed by atoms with E-state index in [2.05, 4.69) is 19.2 Å². The van der Waals surface area contributed by atoms with Crippen molar-refractivity contribution in [2.24, 2.45) is 5.92 Å². The van der Waals surface area contributed by atoms with Gasteiger partial charge in [0.15, 0.2) is 0 Å². The molecule has 25 heavy (non-hydrogen) atoms. The van der Waals surface area contributed by atoms with E-state index < -0.39 is 0 Å². The van der Waals surface area contributed by atoms with Crippen molar-refractivity contribution in [2.75, 3.05) is 16.8 Å². The number of amides is 2. The van der Waals surface area contributed by atoms with Crippen LogP contribution in [0.3, 0.4) is 0 Å². The first-order valence-corrected chi connectivity index (χ1v) is 8.72. The maximum atomic E-state index is 12.5. The molecule has 1 fully saturated rings. The molecule has 0 unspecified atom stereocenters. The van der Waals surface area contributed by atoms with E-state index in [0.29, 0.717) is 12.5 Å². The third-order valence-electron chi connectivity index (χ3n) is 4.65. The van der Waals surface area contributed by atoms with E-state index in [1.807, 2.05) is 55.5 Å². The van der Waals surface area contributed by atoms with Gasteiger partial charge < -0.3 is 10.2 Å². The molecule has 0 bridgehead atoms. The zero-order valence-corrected chi connectivity index (χ0v) is 15.0. The Bertz CT molecular complexity index is 781. The number of anilines is 2. The minimum atomic E-state index is -0.321. The van der Waals surface area contributed by atoms with Crippen LogP contribution in [0.2, 0.25) is 0 Å². The minimum absolute atomic E-state index is 0.00156. The molecule has 0 radical (unpaired) electrons. The topological polar surface area (TPSA) is 49.4 Å². The Balaban J connectivity index is 1.68. The van der Waals surface area contributed by atoms with Gasteiger partial charge in [0.25, 0.3) is 0 Å². The van der Waals surface area contributed by atoms with Crippen LogP contribution >= 0.6 is 0 Å². The summed E-state index contributed by atoms with van der Waals surface area (Å²) in [6.45, 7) is 6.69. The van der Waals surface area contributed by atoms with Crippen LogP contribution < -0.4 is 10.2 Å². The third kappa shape index (κ3) is 3.90. The zero-order chi connectivity index (χ0) is 18.0. The van der Waals surface area contributed by atoms with Crippen LogP contribution in [0.4, 0.5) is 11.4 Å². The third-order valence-corrected chi connectivity index (χ3v) is 4.65. The Labute approximate surface area is 148 Å². The lowest BCUT2D eigenvalue weighted by Crippen LogP contribution is -2.28. The molecule has 2 aromatic carbocycles. The molecular formula is C21H24N2O2. The van der Waals surface area contributed by atoms with E-state index in [1.54, 1.807) is 4.90 Å². The SMILES string of the molecule is Cc1cccc(NC(=O)[C@@H]2CC(=O)N(c3ccc(C(C)C)cc3)C2)c1. The lowest BCUT2D eigenvalue weighted by Gasteiger charge is -2.18. The highest BCUT2D eigenvalue weighted by atomic mass is 16.2. The first-order valence-electron chi connectivity index (χ1n) is 8.72. The van der Waals surface area contributed by atoms with Gasteiger partial charge in [0.2, 0.25) is 11.8 Å². The maximum absolute atomic E-state index is 12.5. The van der Waals surface area contributed by atoms with Gasteiger partial charge in [-0.2, -0.15) is 0 Å². The number of nitrogens with one attached hydrogen (secondary N) is 1. The Morgan fingerprint density at radius 2 is 1.88 bits per heavy atom. The summed E-state index contributed by atoms with van der Waals surface area (Å²) >= 11 is 0. The lowest BCUT2D eigenvalue weighted by molar-refractivity contribution is -0.122. The van der Waals surface area contributed by atoms with Gasteiger partial charge in [0.05, 0.1) is 5.92 Å². The quantitative estimate of drug-likeness (QED) is 0.913. The fraction of sp³-hybridized carbons (Fsp3) is 0.333. The standard InChI is InChI=1S/C21H24N2O2/c1-14(2)16-7-9-19(10-8-16)23-13-17(12-20(23)24)21(25)22-18-6-4-5-15(3)11-18/h4-11,14,17H,12-13H2,1-3H3,(H,22,25)/t17-/m1/s1. The van der Waals surface area contributed by atoms with Crippen molar-refractivity contribution in [3.05, 3.63) is 59.7 Å². The highest BCUT2D eigenvalue weighted by Crippen LogP contribution is 2.27. The Kier molecular flexibility index (Phi) is 4.88. The number of hydrogen-bond donors (Lipinski definition) is 1. The average molecular weight is 336 g/mol. The lowest BCUT2D eigenvalue weighted by atomic mass is 10.0. The summed E-state index contributed by atoms with van der Waals surface area (Å²) in [5.74, 6) is 0.0379. The Hall–Kier alpha value is -2.62. The van der Waals surface area contributed by atoms with Crippen molar-refractivity contribution < 1.29 is 9.59 Å². The van der Waals surface area contributed by atoms with Crippen molar-refractivity contribution in [2.45, 2.75) is 33.1 Å². The predicted octanol–water partition coefficient (Wildman–Crippen LogP) is 4.11. The van der Waals surface area contributed by atoms with Gasteiger partial charge in [-0.25, -0.2) is 0 Å². The molecule has 2 amide bonds. The molecule has 1 heterocycles. The molecule has 3 rings (SSSR count).